The van der Waals surface area contributed by atoms with E-state index in [9.17, 15) is 0 Å². The topological polar surface area (TPSA) is 0 Å². The van der Waals surface area contributed by atoms with Crippen molar-refractivity contribution in [3.63, 3.8) is 0 Å². The van der Waals surface area contributed by atoms with Crippen molar-refractivity contribution in [1.29, 1.82) is 0 Å². The standard InChI is InChI=1S/C23H51P/c1-5-9-13-14-15-16-17-18-19-23-24(20-10-6-2,21-11-7-3)22-12-8-4/h24H,5-23H2,1-4H3. The molecule has 0 aliphatic carbocycles. The van der Waals surface area contributed by atoms with Crippen molar-refractivity contribution in [3.05, 3.63) is 0 Å². The molecule has 0 spiro atoms. The Morgan fingerprint density at radius 1 is 0.333 bits per heavy atom. The Hall–Kier alpha value is 0.430. The zero-order chi connectivity index (χ0) is 17.9. The van der Waals surface area contributed by atoms with Crippen LogP contribution < -0.4 is 0 Å². The van der Waals surface area contributed by atoms with Crippen molar-refractivity contribution < 1.29 is 0 Å². The van der Waals surface area contributed by atoms with Gasteiger partial charge in [-0.05, 0) is 0 Å². The van der Waals surface area contributed by atoms with Crippen LogP contribution >= 0.6 is 7.26 Å². The van der Waals surface area contributed by atoms with Gasteiger partial charge in [0.2, 0.25) is 0 Å². The first-order valence-electron chi connectivity index (χ1n) is 11.7. The summed E-state index contributed by atoms with van der Waals surface area (Å²) in [5, 5.41) is 0. The van der Waals surface area contributed by atoms with Gasteiger partial charge in [-0.2, -0.15) is 0 Å². The molecule has 0 saturated carbocycles. The fourth-order valence-electron chi connectivity index (χ4n) is 4.22. The first-order valence-corrected chi connectivity index (χ1v) is 14.6. The van der Waals surface area contributed by atoms with Crippen LogP contribution in [0.1, 0.15) is 124 Å². The van der Waals surface area contributed by atoms with E-state index in [4.69, 9.17) is 0 Å². The van der Waals surface area contributed by atoms with Crippen LogP contribution in [0.5, 0.6) is 0 Å². The summed E-state index contributed by atoms with van der Waals surface area (Å²) in [6, 6.07) is 0. The molecule has 1 heteroatoms. The number of unbranched alkanes of at least 4 members (excludes halogenated alkanes) is 11. The molecule has 0 N–H and O–H groups in total. The Labute approximate surface area is 156 Å². The number of hydrogen-bond donors (Lipinski definition) is 0. The predicted molar refractivity (Wildman–Crippen MR) is 120 cm³/mol. The van der Waals surface area contributed by atoms with E-state index in [1.165, 1.54) is 89.9 Å². The van der Waals surface area contributed by atoms with Gasteiger partial charge in [-0.15, -0.1) is 0 Å². The van der Waals surface area contributed by atoms with Gasteiger partial charge in [-0.3, -0.25) is 0 Å². The zero-order valence-corrected chi connectivity index (χ0v) is 18.9. The van der Waals surface area contributed by atoms with Crippen LogP contribution in [-0.2, 0) is 0 Å². The summed E-state index contributed by atoms with van der Waals surface area (Å²) in [6.45, 7) is 9.47. The van der Waals surface area contributed by atoms with Crippen molar-refractivity contribution in [2.24, 2.45) is 0 Å². The van der Waals surface area contributed by atoms with Crippen molar-refractivity contribution in [3.8, 4) is 0 Å². The molecule has 0 aliphatic heterocycles. The fourth-order valence-corrected chi connectivity index (χ4v) is 10.0. The molecule has 0 rings (SSSR count). The second kappa shape index (κ2) is 18.2. The minimum absolute atomic E-state index is 0.945. The molecule has 0 aromatic carbocycles. The van der Waals surface area contributed by atoms with Gasteiger partial charge in [0.15, 0.2) is 0 Å². The normalized spacial score (nSPS) is 12.7. The Kier molecular flexibility index (Phi) is 18.6. The molecular formula is C23H51P. The molecular weight excluding hydrogens is 307 g/mol. The van der Waals surface area contributed by atoms with E-state index < -0.39 is 7.26 Å². The third-order valence-corrected chi connectivity index (χ3v) is 11.6. The van der Waals surface area contributed by atoms with Crippen LogP contribution in [-0.4, -0.2) is 24.6 Å². The fraction of sp³-hybridized carbons (Fsp3) is 1.00. The van der Waals surface area contributed by atoms with Crippen molar-refractivity contribution >= 4 is 7.26 Å². The SMILES string of the molecule is CCCCCCCCCCC[PH](CCCC)(CCCC)CCCC. The van der Waals surface area contributed by atoms with E-state index in [2.05, 4.69) is 27.7 Å². The summed E-state index contributed by atoms with van der Waals surface area (Å²) >= 11 is 0. The molecule has 0 radical (unpaired) electrons. The molecule has 0 saturated heterocycles. The average molecular weight is 359 g/mol. The zero-order valence-electron chi connectivity index (χ0n) is 17.9. The van der Waals surface area contributed by atoms with E-state index >= 15 is 0 Å². The van der Waals surface area contributed by atoms with E-state index in [0.29, 0.717) is 0 Å². The van der Waals surface area contributed by atoms with Crippen molar-refractivity contribution in [2.75, 3.05) is 24.6 Å². The van der Waals surface area contributed by atoms with Crippen LogP contribution in [0.25, 0.3) is 0 Å². The molecule has 24 heavy (non-hydrogen) atoms. The van der Waals surface area contributed by atoms with Gasteiger partial charge in [0, 0.05) is 0 Å². The predicted octanol–water partition coefficient (Wildman–Crippen LogP) is 8.67. The minimum atomic E-state index is -0.945. The van der Waals surface area contributed by atoms with Gasteiger partial charge in [0.25, 0.3) is 0 Å². The monoisotopic (exact) mass is 358 g/mol. The Morgan fingerprint density at radius 2 is 0.625 bits per heavy atom. The molecule has 0 fully saturated rings. The molecule has 0 aromatic rings. The molecule has 0 atom stereocenters. The quantitative estimate of drug-likeness (QED) is 0.160. The van der Waals surface area contributed by atoms with Crippen molar-refractivity contribution in [2.45, 2.75) is 124 Å². The van der Waals surface area contributed by atoms with E-state index in [0.717, 1.165) is 0 Å². The maximum atomic E-state index is 2.39. The molecule has 0 bridgehead atoms. The molecule has 148 valence electrons. The Balaban J connectivity index is 4.07. The van der Waals surface area contributed by atoms with Crippen LogP contribution in [0.15, 0.2) is 0 Å². The summed E-state index contributed by atoms with van der Waals surface area (Å²) in [6.07, 6.45) is 28.7. The molecule has 0 amide bonds. The third kappa shape index (κ3) is 13.7. The second-order valence-corrected chi connectivity index (χ2v) is 13.4. The Bertz CT molecular complexity index is 214. The number of hydrogen-bond acceptors (Lipinski definition) is 0. The summed E-state index contributed by atoms with van der Waals surface area (Å²) < 4.78 is 0. The molecule has 0 aliphatic rings. The molecule has 0 heterocycles. The molecule has 0 nitrogen and oxygen atoms in total. The summed E-state index contributed by atoms with van der Waals surface area (Å²) in [5.74, 6) is 0. The third-order valence-electron chi connectivity index (χ3n) is 5.99. The van der Waals surface area contributed by atoms with Gasteiger partial charge >= 0.3 is 156 Å². The van der Waals surface area contributed by atoms with E-state index in [1.54, 1.807) is 31.1 Å². The van der Waals surface area contributed by atoms with Crippen LogP contribution in [0.2, 0.25) is 0 Å². The van der Waals surface area contributed by atoms with Crippen LogP contribution in [0.4, 0.5) is 0 Å². The van der Waals surface area contributed by atoms with Crippen LogP contribution in [0, 0.1) is 0 Å². The van der Waals surface area contributed by atoms with Crippen LogP contribution in [0.3, 0.4) is 0 Å². The average Bonchev–Trinajstić information content (AvgIpc) is 2.61. The van der Waals surface area contributed by atoms with Gasteiger partial charge in [0.05, 0.1) is 0 Å². The van der Waals surface area contributed by atoms with E-state index in [1.807, 2.05) is 0 Å². The van der Waals surface area contributed by atoms with Gasteiger partial charge in [0.1, 0.15) is 0 Å². The molecule has 0 aromatic heterocycles. The molecule has 0 unspecified atom stereocenters. The first-order chi connectivity index (χ1) is 11.7. The van der Waals surface area contributed by atoms with Crippen molar-refractivity contribution in [1.82, 2.24) is 0 Å². The number of rotatable bonds is 19. The second-order valence-electron chi connectivity index (χ2n) is 8.39. The first kappa shape index (κ1) is 24.4. The van der Waals surface area contributed by atoms with Gasteiger partial charge in [-0.25, -0.2) is 0 Å². The van der Waals surface area contributed by atoms with Gasteiger partial charge < -0.3 is 0 Å². The van der Waals surface area contributed by atoms with E-state index in [-0.39, 0.29) is 0 Å². The Morgan fingerprint density at radius 3 is 1.00 bits per heavy atom. The summed E-state index contributed by atoms with van der Waals surface area (Å²) in [5.41, 5.74) is 0. The maximum absolute atomic E-state index is 2.39. The summed E-state index contributed by atoms with van der Waals surface area (Å²) in [4.78, 5) is 0. The summed E-state index contributed by atoms with van der Waals surface area (Å²) in [7, 11) is -0.945. The van der Waals surface area contributed by atoms with Gasteiger partial charge in [-0.1, -0.05) is 0 Å².